The van der Waals surface area contributed by atoms with E-state index >= 15 is 0 Å². The minimum Gasteiger partial charge on any atom is -0.495 e. The van der Waals surface area contributed by atoms with Crippen LogP contribution in [-0.2, 0) is 16.6 Å². The molecule has 0 aliphatic rings. The Balaban J connectivity index is 3.00. The molecule has 1 rings (SSSR count). The Morgan fingerprint density at radius 2 is 1.86 bits per heavy atom. The molecule has 21 heavy (non-hydrogen) atoms. The van der Waals surface area contributed by atoms with E-state index in [2.05, 4.69) is 0 Å². The van der Waals surface area contributed by atoms with Gasteiger partial charge >= 0.3 is 0 Å². The number of ether oxygens (including phenoxy) is 1. The number of hydrogen-bond acceptors (Lipinski definition) is 5. The van der Waals surface area contributed by atoms with Gasteiger partial charge in [-0.2, -0.15) is 0 Å². The molecule has 0 heterocycles. The summed E-state index contributed by atoms with van der Waals surface area (Å²) >= 11 is 0. The summed E-state index contributed by atoms with van der Waals surface area (Å²) in [6.07, 6.45) is 0.766. The second-order valence-electron chi connectivity index (χ2n) is 5.17. The van der Waals surface area contributed by atoms with Crippen LogP contribution >= 0.6 is 0 Å². The summed E-state index contributed by atoms with van der Waals surface area (Å²) in [5.74, 6) is 0.339. The fourth-order valence-electron chi connectivity index (χ4n) is 1.95. The van der Waals surface area contributed by atoms with E-state index in [4.69, 9.17) is 10.5 Å². The van der Waals surface area contributed by atoms with Crippen LogP contribution < -0.4 is 10.5 Å². The average Bonchev–Trinajstić information content (AvgIpc) is 2.45. The van der Waals surface area contributed by atoms with E-state index in [0.717, 1.165) is 18.5 Å². The maximum absolute atomic E-state index is 12.6. The summed E-state index contributed by atoms with van der Waals surface area (Å²) < 4.78 is 31.8. The molecule has 0 fully saturated rings. The molecule has 1 aromatic rings. The van der Waals surface area contributed by atoms with Gasteiger partial charge in [0.1, 0.15) is 10.6 Å². The van der Waals surface area contributed by atoms with Crippen LogP contribution in [0.5, 0.6) is 5.75 Å². The van der Waals surface area contributed by atoms with Crippen molar-refractivity contribution in [3.8, 4) is 5.75 Å². The van der Waals surface area contributed by atoms with Crippen molar-refractivity contribution in [2.45, 2.75) is 17.9 Å². The van der Waals surface area contributed by atoms with Crippen LogP contribution in [0.2, 0.25) is 0 Å². The first-order valence-corrected chi connectivity index (χ1v) is 8.25. The molecule has 0 aliphatic carbocycles. The van der Waals surface area contributed by atoms with Crippen molar-refractivity contribution < 1.29 is 13.2 Å². The Kier molecular flexibility index (Phi) is 6.60. The van der Waals surface area contributed by atoms with E-state index in [1.165, 1.54) is 11.4 Å². The predicted octanol–water partition coefficient (Wildman–Crippen LogP) is 0.726. The third kappa shape index (κ3) is 4.67. The lowest BCUT2D eigenvalue weighted by atomic mass is 10.2. The minimum absolute atomic E-state index is 0.167. The molecule has 0 amide bonds. The van der Waals surface area contributed by atoms with Crippen LogP contribution in [0.3, 0.4) is 0 Å². The Morgan fingerprint density at radius 1 is 1.19 bits per heavy atom. The molecular formula is C14H25N3O3S. The van der Waals surface area contributed by atoms with E-state index < -0.39 is 10.0 Å². The number of hydrogen-bond donors (Lipinski definition) is 1. The summed E-state index contributed by atoms with van der Waals surface area (Å²) in [6.45, 7) is 1.58. The van der Waals surface area contributed by atoms with Gasteiger partial charge in [0.15, 0.2) is 0 Å². The molecule has 0 aliphatic heterocycles. The molecular weight excluding hydrogens is 290 g/mol. The standard InChI is InChI=1S/C14H25N3O3S/c1-16(2)8-5-9-17(3)21(18,19)14-10-12(11-15)6-7-13(14)20-4/h6-7,10H,5,8-9,11,15H2,1-4H3. The van der Waals surface area contributed by atoms with Crippen molar-refractivity contribution in [2.75, 3.05) is 41.3 Å². The molecule has 7 heteroatoms. The van der Waals surface area contributed by atoms with E-state index in [1.807, 2.05) is 19.0 Å². The lowest BCUT2D eigenvalue weighted by Gasteiger charge is -2.20. The molecule has 0 aromatic heterocycles. The molecule has 0 unspecified atom stereocenters. The number of rotatable bonds is 8. The summed E-state index contributed by atoms with van der Waals surface area (Å²) in [5, 5.41) is 0. The maximum Gasteiger partial charge on any atom is 0.246 e. The van der Waals surface area contributed by atoms with Gasteiger partial charge in [0, 0.05) is 20.1 Å². The maximum atomic E-state index is 12.6. The Labute approximate surface area is 127 Å². The van der Waals surface area contributed by atoms with Gasteiger partial charge in [-0.3, -0.25) is 0 Å². The monoisotopic (exact) mass is 315 g/mol. The number of methoxy groups -OCH3 is 1. The van der Waals surface area contributed by atoms with Crippen LogP contribution in [0, 0.1) is 0 Å². The highest BCUT2D eigenvalue weighted by Crippen LogP contribution is 2.27. The highest BCUT2D eigenvalue weighted by atomic mass is 32.2. The van der Waals surface area contributed by atoms with Crippen LogP contribution in [0.15, 0.2) is 23.1 Å². The first-order chi connectivity index (χ1) is 9.82. The van der Waals surface area contributed by atoms with E-state index in [9.17, 15) is 8.42 Å². The molecule has 0 saturated heterocycles. The Morgan fingerprint density at radius 3 is 2.38 bits per heavy atom. The van der Waals surface area contributed by atoms with Crippen molar-refractivity contribution >= 4 is 10.0 Å². The molecule has 0 spiro atoms. The predicted molar refractivity (Wildman–Crippen MR) is 83.9 cm³/mol. The lowest BCUT2D eigenvalue weighted by molar-refractivity contribution is 0.367. The average molecular weight is 315 g/mol. The highest BCUT2D eigenvalue weighted by molar-refractivity contribution is 7.89. The van der Waals surface area contributed by atoms with Gasteiger partial charge in [-0.25, -0.2) is 12.7 Å². The van der Waals surface area contributed by atoms with Gasteiger partial charge in [-0.15, -0.1) is 0 Å². The number of nitrogens with two attached hydrogens (primary N) is 1. The van der Waals surface area contributed by atoms with Crippen LogP contribution in [-0.4, -0.2) is 59.0 Å². The second-order valence-corrected chi connectivity index (χ2v) is 7.19. The van der Waals surface area contributed by atoms with Crippen molar-refractivity contribution in [3.63, 3.8) is 0 Å². The third-order valence-electron chi connectivity index (χ3n) is 3.23. The Hall–Kier alpha value is -1.15. The lowest BCUT2D eigenvalue weighted by Crippen LogP contribution is -2.30. The molecule has 6 nitrogen and oxygen atoms in total. The SMILES string of the molecule is COc1ccc(CN)cc1S(=O)(=O)N(C)CCCN(C)C. The summed E-state index contributed by atoms with van der Waals surface area (Å²) in [7, 11) is 3.39. The van der Waals surface area contributed by atoms with Crippen molar-refractivity contribution in [2.24, 2.45) is 5.73 Å². The first kappa shape index (κ1) is 17.9. The largest absolute Gasteiger partial charge is 0.495 e. The smallest absolute Gasteiger partial charge is 0.246 e. The quantitative estimate of drug-likeness (QED) is 0.765. The van der Waals surface area contributed by atoms with Crippen molar-refractivity contribution in [1.29, 1.82) is 0 Å². The number of benzene rings is 1. The number of nitrogens with zero attached hydrogens (tertiary/aromatic N) is 2. The van der Waals surface area contributed by atoms with Gasteiger partial charge in [-0.05, 0) is 44.8 Å². The molecule has 2 N–H and O–H groups in total. The van der Waals surface area contributed by atoms with E-state index in [-0.39, 0.29) is 11.4 Å². The van der Waals surface area contributed by atoms with Gasteiger partial charge in [-0.1, -0.05) is 6.07 Å². The minimum atomic E-state index is -3.58. The first-order valence-electron chi connectivity index (χ1n) is 6.81. The zero-order chi connectivity index (χ0) is 16.0. The van der Waals surface area contributed by atoms with Crippen LogP contribution in [0.25, 0.3) is 0 Å². The normalized spacial score (nSPS) is 12.1. The molecule has 1 aromatic carbocycles. The summed E-state index contributed by atoms with van der Waals surface area (Å²) in [6, 6.07) is 4.99. The fraction of sp³-hybridized carbons (Fsp3) is 0.571. The van der Waals surface area contributed by atoms with Gasteiger partial charge < -0.3 is 15.4 Å². The number of sulfonamides is 1. The van der Waals surface area contributed by atoms with Crippen LogP contribution in [0.1, 0.15) is 12.0 Å². The zero-order valence-corrected chi connectivity index (χ0v) is 14.0. The van der Waals surface area contributed by atoms with Gasteiger partial charge in [0.2, 0.25) is 10.0 Å². The molecule has 0 radical (unpaired) electrons. The van der Waals surface area contributed by atoms with Gasteiger partial charge in [0.25, 0.3) is 0 Å². The van der Waals surface area contributed by atoms with Crippen molar-refractivity contribution in [1.82, 2.24) is 9.21 Å². The molecule has 0 saturated carbocycles. The molecule has 0 atom stereocenters. The molecule has 120 valence electrons. The topological polar surface area (TPSA) is 75.9 Å². The highest BCUT2D eigenvalue weighted by Gasteiger charge is 2.24. The van der Waals surface area contributed by atoms with Crippen molar-refractivity contribution in [3.05, 3.63) is 23.8 Å². The van der Waals surface area contributed by atoms with E-state index in [1.54, 1.807) is 25.2 Å². The third-order valence-corrected chi connectivity index (χ3v) is 5.11. The molecule has 0 bridgehead atoms. The van der Waals surface area contributed by atoms with Gasteiger partial charge in [0.05, 0.1) is 7.11 Å². The summed E-state index contributed by atoms with van der Waals surface area (Å²) in [5.41, 5.74) is 6.35. The van der Waals surface area contributed by atoms with E-state index in [0.29, 0.717) is 12.3 Å². The summed E-state index contributed by atoms with van der Waals surface area (Å²) in [4.78, 5) is 2.19. The zero-order valence-electron chi connectivity index (χ0n) is 13.2. The van der Waals surface area contributed by atoms with Crippen LogP contribution in [0.4, 0.5) is 0 Å². The second kappa shape index (κ2) is 7.74. The fourth-order valence-corrected chi connectivity index (χ4v) is 3.36. The Bertz CT molecular complexity index is 559.